The predicted octanol–water partition coefficient (Wildman–Crippen LogP) is 10.5. The Morgan fingerprint density at radius 3 is 1.43 bits per heavy atom. The Bertz CT molecular complexity index is 3100. The molecule has 8 aromatic rings. The monoisotopic (exact) mass is 946 g/mol. The lowest BCUT2D eigenvalue weighted by Gasteiger charge is -2.21. The van der Waals surface area contributed by atoms with E-state index in [1.165, 1.54) is 4.57 Å². The van der Waals surface area contributed by atoms with Gasteiger partial charge in [-0.05, 0) is 73.2 Å². The summed E-state index contributed by atoms with van der Waals surface area (Å²) < 4.78 is 3.17. The van der Waals surface area contributed by atoms with Crippen molar-refractivity contribution in [2.45, 2.75) is 25.9 Å². The summed E-state index contributed by atoms with van der Waals surface area (Å²) in [6.45, 7) is 3.63. The van der Waals surface area contributed by atoms with Crippen LogP contribution in [0, 0.1) is 20.2 Å². The van der Waals surface area contributed by atoms with Crippen molar-refractivity contribution in [3.8, 4) is 11.4 Å². The van der Waals surface area contributed by atoms with E-state index in [-0.39, 0.29) is 38.4 Å². The van der Waals surface area contributed by atoms with E-state index in [9.17, 15) is 29.8 Å². The summed E-state index contributed by atoms with van der Waals surface area (Å²) in [6.07, 6.45) is 2.19. The van der Waals surface area contributed by atoms with Crippen LogP contribution in [0.3, 0.4) is 0 Å². The van der Waals surface area contributed by atoms with Crippen molar-refractivity contribution in [3.05, 3.63) is 200 Å². The Labute approximate surface area is 381 Å². The van der Waals surface area contributed by atoms with E-state index < -0.39 is 27.3 Å². The van der Waals surface area contributed by atoms with Gasteiger partial charge in [0.2, 0.25) is 21.3 Å². The number of rotatable bonds is 8. The van der Waals surface area contributed by atoms with E-state index in [0.29, 0.717) is 37.6 Å². The van der Waals surface area contributed by atoms with Crippen molar-refractivity contribution in [2.24, 2.45) is 5.73 Å². The molecule has 0 amide bonds. The van der Waals surface area contributed by atoms with Gasteiger partial charge in [-0.15, -0.1) is 0 Å². The van der Waals surface area contributed by atoms with Crippen LogP contribution in [0.15, 0.2) is 131 Å². The summed E-state index contributed by atoms with van der Waals surface area (Å²) in [4.78, 5) is 61.0. The van der Waals surface area contributed by atoms with Crippen molar-refractivity contribution in [1.29, 1.82) is 0 Å². The van der Waals surface area contributed by atoms with Gasteiger partial charge in [0.25, 0.3) is 11.1 Å². The van der Waals surface area contributed by atoms with Crippen LogP contribution in [-0.4, -0.2) is 38.9 Å². The van der Waals surface area contributed by atoms with Gasteiger partial charge in [-0.25, -0.2) is 19.9 Å². The van der Waals surface area contributed by atoms with Crippen LogP contribution < -0.4 is 22.2 Å². The molecule has 0 aliphatic rings. The Morgan fingerprint density at radius 2 is 1.00 bits per heavy atom. The molecule has 0 radical (unpaired) electrons. The molecule has 0 aliphatic carbocycles. The van der Waals surface area contributed by atoms with Crippen LogP contribution >= 0.6 is 58.0 Å². The molecule has 0 fully saturated rings. The van der Waals surface area contributed by atoms with Crippen molar-refractivity contribution < 1.29 is 9.85 Å². The number of fused-ring (bicyclic) bond motifs is 2. The number of anilines is 1. The zero-order chi connectivity index (χ0) is 45.5. The predicted molar refractivity (Wildman–Crippen MR) is 246 cm³/mol. The summed E-state index contributed by atoms with van der Waals surface area (Å²) in [7, 11) is 0. The molecule has 4 heterocycles. The molecule has 16 nitrogen and oxygen atoms in total. The Kier molecular flexibility index (Phi) is 14.7. The number of nitrogens with one attached hydrogen (secondary N) is 1. The molecule has 63 heavy (non-hydrogen) atoms. The molecule has 0 spiro atoms. The van der Waals surface area contributed by atoms with E-state index in [0.717, 1.165) is 29.4 Å². The van der Waals surface area contributed by atoms with Crippen LogP contribution in [-0.2, 0) is 0 Å². The third-order valence-electron chi connectivity index (χ3n) is 9.22. The highest BCUT2D eigenvalue weighted by molar-refractivity contribution is 6.37. The maximum Gasteiger partial charge on any atom is 0.348 e. The molecule has 0 saturated carbocycles. The fraction of sp³-hybridized carbons (Fsp3) is 0.0952. The van der Waals surface area contributed by atoms with E-state index in [4.69, 9.17) is 63.7 Å². The number of halogens is 5. The number of nitrogens with zero attached hydrogens (tertiary/aromatic N) is 8. The molecule has 21 heteroatoms. The smallest absolute Gasteiger partial charge is 0.348 e. The highest BCUT2D eigenvalue weighted by atomic mass is 35.5. The highest BCUT2D eigenvalue weighted by Crippen LogP contribution is 2.33. The second kappa shape index (κ2) is 20.1. The van der Waals surface area contributed by atoms with Gasteiger partial charge in [-0.1, -0.05) is 119 Å². The first-order chi connectivity index (χ1) is 30.1. The second-order valence-corrected chi connectivity index (χ2v) is 15.2. The molecule has 2 atom stereocenters. The molecule has 0 unspecified atom stereocenters. The van der Waals surface area contributed by atoms with Gasteiger partial charge in [-0.2, -0.15) is 0 Å². The minimum Gasteiger partial charge on any atom is -0.356 e. The van der Waals surface area contributed by atoms with Crippen LogP contribution in [0.25, 0.3) is 32.9 Å². The molecule has 0 aliphatic heterocycles. The highest BCUT2D eigenvalue weighted by Gasteiger charge is 2.25. The van der Waals surface area contributed by atoms with Crippen molar-refractivity contribution in [1.82, 2.24) is 29.1 Å². The minimum absolute atomic E-state index is 0.0456. The van der Waals surface area contributed by atoms with Gasteiger partial charge in [-0.3, -0.25) is 39.0 Å². The number of hydrogen-bond donors (Lipinski definition) is 2. The van der Waals surface area contributed by atoms with Crippen molar-refractivity contribution in [2.75, 3.05) is 5.32 Å². The van der Waals surface area contributed by atoms with Crippen molar-refractivity contribution >= 4 is 96.7 Å². The third-order valence-corrected chi connectivity index (χ3v) is 10.7. The lowest BCUT2D eigenvalue weighted by atomic mass is 10.1. The van der Waals surface area contributed by atoms with Crippen LogP contribution in [0.5, 0.6) is 0 Å². The van der Waals surface area contributed by atoms with E-state index >= 15 is 0 Å². The average molecular weight is 949 g/mol. The lowest BCUT2D eigenvalue weighted by Crippen LogP contribution is -2.26. The zero-order valence-corrected chi connectivity index (χ0v) is 36.5. The van der Waals surface area contributed by atoms with Crippen LogP contribution in [0.2, 0.25) is 25.5 Å². The van der Waals surface area contributed by atoms with E-state index in [1.54, 1.807) is 47.9 Å². The molecular weight excluding hydrogens is 918 g/mol. The SMILES string of the molecule is C[C@H](N)c1cc2cccc(Cl)c2c(=O)n1-c1ccccc1.C[C@H](Nc1ncnc(Cl)c1[N+](=O)[O-])c1cc2cccc(Cl)c2c(=O)n1-c1ccccc1.O=[N+]([O-])c1c(Cl)ncnc1Cl. The summed E-state index contributed by atoms with van der Waals surface area (Å²) in [5.41, 5.74) is 7.47. The maximum atomic E-state index is 13.5. The lowest BCUT2D eigenvalue weighted by molar-refractivity contribution is -0.385. The number of hydrogen-bond acceptors (Lipinski definition) is 12. The topological polar surface area (TPSA) is 220 Å². The summed E-state index contributed by atoms with van der Waals surface area (Å²) in [5, 5.41) is 27.0. The van der Waals surface area contributed by atoms with Crippen LogP contribution in [0.1, 0.15) is 37.3 Å². The Hall–Kier alpha value is -6.53. The van der Waals surface area contributed by atoms with E-state index in [2.05, 4.69) is 25.3 Å². The molecule has 0 bridgehead atoms. The first kappa shape index (κ1) is 46.0. The molecule has 320 valence electrons. The van der Waals surface area contributed by atoms with Crippen molar-refractivity contribution in [3.63, 3.8) is 0 Å². The summed E-state index contributed by atoms with van der Waals surface area (Å²) in [5.74, 6) is -0.0456. The van der Waals surface area contributed by atoms with E-state index in [1.807, 2.05) is 79.7 Å². The number of para-hydroxylation sites is 2. The number of aromatic nitrogens is 6. The third kappa shape index (κ3) is 10.1. The molecule has 4 aromatic carbocycles. The number of nitro groups is 2. The largest absolute Gasteiger partial charge is 0.356 e. The van der Waals surface area contributed by atoms with Gasteiger partial charge in [0.1, 0.15) is 12.7 Å². The molecular formula is C42H31Cl5N10O6. The molecule has 8 rings (SSSR count). The first-order valence-electron chi connectivity index (χ1n) is 18.4. The quantitative estimate of drug-likeness (QED) is 0.0825. The number of nitrogens with two attached hydrogens (primary N) is 1. The van der Waals surface area contributed by atoms with Gasteiger partial charge in [0.05, 0.1) is 36.7 Å². The normalized spacial score (nSPS) is 11.7. The molecule has 3 N–H and O–H groups in total. The zero-order valence-electron chi connectivity index (χ0n) is 32.7. The Morgan fingerprint density at radius 1 is 0.587 bits per heavy atom. The van der Waals surface area contributed by atoms with Crippen LogP contribution in [0.4, 0.5) is 17.2 Å². The number of benzene rings is 4. The molecule has 4 aromatic heterocycles. The van der Waals surface area contributed by atoms with Gasteiger partial charge in [0, 0.05) is 28.8 Å². The Balaban J connectivity index is 0.000000177. The first-order valence-corrected chi connectivity index (χ1v) is 20.3. The average Bonchev–Trinajstić information content (AvgIpc) is 3.24. The van der Waals surface area contributed by atoms with Gasteiger partial charge >= 0.3 is 11.4 Å². The summed E-state index contributed by atoms with van der Waals surface area (Å²) >= 11 is 29.1. The van der Waals surface area contributed by atoms with Gasteiger partial charge < -0.3 is 11.1 Å². The second-order valence-electron chi connectivity index (χ2n) is 13.3. The minimum atomic E-state index is -0.731. The fourth-order valence-corrected chi connectivity index (χ4v) is 7.59. The maximum absolute atomic E-state index is 13.5. The molecule has 0 saturated heterocycles. The fourth-order valence-electron chi connectivity index (χ4n) is 6.41. The standard InChI is InChI=1S/C21H15Cl2N5O3.C17H15ClN2O.C4HCl2N3O2/c1-12(26-20-18(28(30)31)19(23)24-11-25-20)16-10-13-6-5-9-15(22)17(13)21(29)27(16)14-7-3-2-4-8-14;1-11(19)15-10-12-6-5-9-14(18)16(12)17(21)20(15)13-7-3-2-4-8-13;5-3-2(9(10)11)4(6)8-1-7-3/h2-12H,1H3,(H,24,25,26);2-11H,19H2,1H3;1H/t12-;11-;/m00./s1. The summed E-state index contributed by atoms with van der Waals surface area (Å²) in [6, 6.07) is 32.1. The van der Waals surface area contributed by atoms with Gasteiger partial charge in [0.15, 0.2) is 0 Å². The number of pyridine rings is 2.